The molecule has 22 heavy (non-hydrogen) atoms. The average molecular weight is 319 g/mol. The third-order valence-electron chi connectivity index (χ3n) is 3.63. The Kier molecular flexibility index (Phi) is 5.24. The molecule has 1 atom stereocenters. The van der Waals surface area contributed by atoms with E-state index in [0.717, 1.165) is 6.42 Å². The summed E-state index contributed by atoms with van der Waals surface area (Å²) in [6.07, 6.45) is 0.828. The van der Waals surface area contributed by atoms with E-state index in [1.54, 1.807) is 29.6 Å². The molecule has 0 radical (unpaired) electrons. The summed E-state index contributed by atoms with van der Waals surface area (Å²) in [5, 5.41) is 1.22. The summed E-state index contributed by atoms with van der Waals surface area (Å²) < 4.78 is 1.70. The summed E-state index contributed by atoms with van der Waals surface area (Å²) in [5.74, 6) is 0.275. The van der Waals surface area contributed by atoms with Crippen LogP contribution in [0.15, 0.2) is 34.2 Å². The first kappa shape index (κ1) is 16.5. The van der Waals surface area contributed by atoms with E-state index < -0.39 is 0 Å². The third-order valence-corrected chi connectivity index (χ3v) is 4.57. The smallest absolute Gasteiger partial charge is 0.262 e. The molecule has 2 rings (SSSR count). The number of rotatable bonds is 5. The van der Waals surface area contributed by atoms with E-state index >= 15 is 0 Å². The second kappa shape index (κ2) is 6.96. The first-order valence-electron chi connectivity index (χ1n) is 7.30. The molecular formula is C16H21N3O2S. The maximum atomic E-state index is 12.7. The zero-order valence-electron chi connectivity index (χ0n) is 13.4. The molecular weight excluding hydrogens is 298 g/mol. The van der Waals surface area contributed by atoms with Crippen LogP contribution in [0, 0.1) is 0 Å². The molecule has 0 N–H and O–H groups in total. The molecule has 6 heteroatoms. The summed E-state index contributed by atoms with van der Waals surface area (Å²) in [5.41, 5.74) is 0.631. The maximum Gasteiger partial charge on any atom is 0.262 e. The van der Waals surface area contributed by atoms with Crippen LogP contribution in [0.3, 0.4) is 0 Å². The monoisotopic (exact) mass is 319 g/mol. The van der Waals surface area contributed by atoms with Crippen LogP contribution in [0.5, 0.6) is 0 Å². The molecule has 0 aliphatic carbocycles. The van der Waals surface area contributed by atoms with Crippen molar-refractivity contribution >= 4 is 28.6 Å². The van der Waals surface area contributed by atoms with Gasteiger partial charge in [-0.15, -0.1) is 0 Å². The number of para-hydroxylation sites is 1. The molecule has 0 saturated carbocycles. The highest BCUT2D eigenvalue weighted by Gasteiger charge is 2.16. The molecule has 0 aliphatic heterocycles. The molecule has 0 aliphatic rings. The fourth-order valence-corrected chi connectivity index (χ4v) is 3.13. The second-order valence-electron chi connectivity index (χ2n) is 5.42. The molecule has 118 valence electrons. The number of thioether (sulfide) groups is 1. The molecule has 1 heterocycles. The normalized spacial score (nSPS) is 12.4. The number of benzene rings is 1. The number of aromatic nitrogens is 2. The highest BCUT2D eigenvalue weighted by molar-refractivity contribution is 7.99. The molecule has 0 bridgehead atoms. The van der Waals surface area contributed by atoms with Crippen LogP contribution in [0.2, 0.25) is 0 Å². The van der Waals surface area contributed by atoms with Crippen molar-refractivity contribution in [2.45, 2.75) is 31.5 Å². The highest BCUT2D eigenvalue weighted by Crippen LogP contribution is 2.22. The van der Waals surface area contributed by atoms with Gasteiger partial charge in [0, 0.05) is 20.1 Å². The van der Waals surface area contributed by atoms with Crippen LogP contribution in [-0.2, 0) is 4.79 Å². The van der Waals surface area contributed by atoms with Gasteiger partial charge < -0.3 is 4.90 Å². The number of nitrogens with zero attached hydrogens (tertiary/aromatic N) is 3. The Balaban J connectivity index is 2.50. The van der Waals surface area contributed by atoms with Crippen molar-refractivity contribution in [2.75, 3.05) is 19.8 Å². The molecule has 5 nitrogen and oxygen atoms in total. The van der Waals surface area contributed by atoms with Gasteiger partial charge in [-0.25, -0.2) is 4.98 Å². The van der Waals surface area contributed by atoms with E-state index in [1.807, 2.05) is 32.0 Å². The molecule has 1 aromatic heterocycles. The Hall–Kier alpha value is -1.82. The number of carbonyl (C=O) groups excluding carboxylic acids is 1. The summed E-state index contributed by atoms with van der Waals surface area (Å²) in [4.78, 5) is 30.7. The standard InChI is InChI=1S/C16H21N3O2S/c1-5-11(2)19-15(21)12-8-6-7-9-13(12)17-16(19)22-10-14(20)18(3)4/h6-9,11H,5,10H2,1-4H3/t11-/m0/s1. The lowest BCUT2D eigenvalue weighted by atomic mass is 10.2. The molecule has 2 aromatic rings. The van der Waals surface area contributed by atoms with Crippen LogP contribution in [0.1, 0.15) is 26.3 Å². The number of hydrogen-bond donors (Lipinski definition) is 0. The lowest BCUT2D eigenvalue weighted by Gasteiger charge is -2.18. The van der Waals surface area contributed by atoms with Crippen molar-refractivity contribution in [2.24, 2.45) is 0 Å². The Morgan fingerprint density at radius 1 is 1.36 bits per heavy atom. The van der Waals surface area contributed by atoms with Crippen molar-refractivity contribution in [3.05, 3.63) is 34.6 Å². The molecule has 1 aromatic carbocycles. The van der Waals surface area contributed by atoms with Gasteiger partial charge in [0.25, 0.3) is 5.56 Å². The predicted octanol–water partition coefficient (Wildman–Crippen LogP) is 2.55. The molecule has 0 saturated heterocycles. The van der Waals surface area contributed by atoms with Gasteiger partial charge in [0.15, 0.2) is 5.16 Å². The molecule has 1 amide bonds. The van der Waals surface area contributed by atoms with Crippen molar-refractivity contribution in [3.63, 3.8) is 0 Å². The number of carbonyl (C=O) groups is 1. The summed E-state index contributed by atoms with van der Waals surface area (Å²) in [7, 11) is 3.44. The van der Waals surface area contributed by atoms with Gasteiger partial charge in [-0.05, 0) is 25.5 Å². The van der Waals surface area contributed by atoms with Crippen molar-refractivity contribution < 1.29 is 4.79 Å². The van der Waals surface area contributed by atoms with Crippen molar-refractivity contribution in [1.29, 1.82) is 0 Å². The van der Waals surface area contributed by atoms with E-state index in [0.29, 0.717) is 16.1 Å². The molecule has 0 fully saturated rings. The topological polar surface area (TPSA) is 55.2 Å². The van der Waals surface area contributed by atoms with Crippen LogP contribution < -0.4 is 5.56 Å². The fourth-order valence-electron chi connectivity index (χ4n) is 2.05. The average Bonchev–Trinajstić information content (AvgIpc) is 2.51. The van der Waals surface area contributed by atoms with Gasteiger partial charge in [0.2, 0.25) is 5.91 Å². The Morgan fingerprint density at radius 2 is 2.05 bits per heavy atom. The van der Waals surface area contributed by atoms with Crippen LogP contribution in [-0.4, -0.2) is 40.2 Å². The Labute approximate surface area is 134 Å². The van der Waals surface area contributed by atoms with Crippen LogP contribution in [0.4, 0.5) is 0 Å². The van der Waals surface area contributed by atoms with Crippen molar-refractivity contribution in [1.82, 2.24) is 14.5 Å². The minimum atomic E-state index is -0.0419. The van der Waals surface area contributed by atoms with E-state index in [9.17, 15) is 9.59 Å². The first-order chi connectivity index (χ1) is 10.5. The highest BCUT2D eigenvalue weighted by atomic mass is 32.2. The van der Waals surface area contributed by atoms with Gasteiger partial charge in [-0.2, -0.15) is 0 Å². The van der Waals surface area contributed by atoms with Crippen LogP contribution >= 0.6 is 11.8 Å². The van der Waals surface area contributed by atoms with E-state index in [-0.39, 0.29) is 23.3 Å². The van der Waals surface area contributed by atoms with E-state index in [4.69, 9.17) is 0 Å². The molecule has 0 spiro atoms. The zero-order valence-corrected chi connectivity index (χ0v) is 14.2. The largest absolute Gasteiger partial charge is 0.348 e. The minimum absolute atomic E-state index is 0.00288. The summed E-state index contributed by atoms with van der Waals surface area (Å²) >= 11 is 1.32. The zero-order chi connectivity index (χ0) is 16.3. The summed E-state index contributed by atoms with van der Waals surface area (Å²) in [6, 6.07) is 7.37. The Morgan fingerprint density at radius 3 is 2.68 bits per heavy atom. The maximum absolute atomic E-state index is 12.7. The van der Waals surface area contributed by atoms with Gasteiger partial charge in [0.1, 0.15) is 0 Å². The fraction of sp³-hybridized carbons (Fsp3) is 0.438. The van der Waals surface area contributed by atoms with Crippen LogP contribution in [0.25, 0.3) is 10.9 Å². The van der Waals surface area contributed by atoms with E-state index in [1.165, 1.54) is 11.8 Å². The minimum Gasteiger partial charge on any atom is -0.348 e. The predicted molar refractivity (Wildman–Crippen MR) is 90.4 cm³/mol. The Bertz CT molecular complexity index is 740. The second-order valence-corrected chi connectivity index (χ2v) is 6.36. The lowest BCUT2D eigenvalue weighted by Crippen LogP contribution is -2.27. The molecule has 0 unspecified atom stereocenters. The first-order valence-corrected chi connectivity index (χ1v) is 8.28. The third kappa shape index (κ3) is 3.32. The van der Waals surface area contributed by atoms with Gasteiger partial charge >= 0.3 is 0 Å². The van der Waals surface area contributed by atoms with E-state index in [2.05, 4.69) is 4.98 Å². The number of hydrogen-bond acceptors (Lipinski definition) is 4. The van der Waals surface area contributed by atoms with Gasteiger partial charge in [-0.3, -0.25) is 14.2 Å². The quantitative estimate of drug-likeness (QED) is 0.628. The van der Waals surface area contributed by atoms with Gasteiger partial charge in [-0.1, -0.05) is 30.8 Å². The number of amides is 1. The van der Waals surface area contributed by atoms with Crippen molar-refractivity contribution in [3.8, 4) is 0 Å². The SMILES string of the molecule is CC[C@H](C)n1c(SCC(=O)N(C)C)nc2ccccc2c1=O. The summed E-state index contributed by atoms with van der Waals surface area (Å²) in [6.45, 7) is 4.03. The number of fused-ring (bicyclic) bond motifs is 1. The lowest BCUT2D eigenvalue weighted by molar-refractivity contribution is -0.125. The van der Waals surface area contributed by atoms with Gasteiger partial charge in [0.05, 0.1) is 16.7 Å².